The first-order valence-corrected chi connectivity index (χ1v) is 7.39. The first kappa shape index (κ1) is 15.6. The van der Waals surface area contributed by atoms with E-state index in [-0.39, 0.29) is 5.75 Å². The minimum absolute atomic E-state index is 0.0542. The van der Waals surface area contributed by atoms with Gasteiger partial charge in [-0.3, -0.25) is 5.32 Å². The molecule has 1 aliphatic rings. The lowest BCUT2D eigenvalue weighted by Crippen LogP contribution is -2.28. The molecule has 1 aliphatic heterocycles. The zero-order chi connectivity index (χ0) is 15.5. The minimum Gasteiger partial charge on any atom is -0.506 e. The highest BCUT2D eigenvalue weighted by Gasteiger charge is 2.19. The Bertz CT molecular complexity index is 503. The van der Waals surface area contributed by atoms with Gasteiger partial charge in [0.15, 0.2) is 0 Å². The number of anilines is 1. The van der Waals surface area contributed by atoms with Crippen LogP contribution in [0.3, 0.4) is 0 Å². The van der Waals surface area contributed by atoms with E-state index in [1.165, 1.54) is 0 Å². The molecule has 3 N–H and O–H groups in total. The number of piperidine rings is 1. The van der Waals surface area contributed by atoms with E-state index >= 15 is 0 Å². The van der Waals surface area contributed by atoms with E-state index in [2.05, 4.69) is 10.6 Å². The Morgan fingerprint density at radius 3 is 2.62 bits per heavy atom. The van der Waals surface area contributed by atoms with Crippen molar-refractivity contribution in [2.24, 2.45) is 0 Å². The fourth-order valence-electron chi connectivity index (χ4n) is 2.48. The normalized spacial score (nSPS) is 16.5. The number of phenolic OH excluding ortho intramolecular Hbond substituents is 1. The highest BCUT2D eigenvalue weighted by molar-refractivity contribution is 5.87. The van der Waals surface area contributed by atoms with Crippen molar-refractivity contribution in [3.05, 3.63) is 23.8 Å². The molecular formula is C16H24N2O3. The molecule has 1 heterocycles. The number of ether oxygens (including phenoxy) is 1. The van der Waals surface area contributed by atoms with Gasteiger partial charge in [0.05, 0.1) is 5.69 Å². The Hall–Kier alpha value is -1.75. The van der Waals surface area contributed by atoms with E-state index in [9.17, 15) is 9.90 Å². The smallest absolute Gasteiger partial charge is 0.412 e. The number of nitrogens with one attached hydrogen (secondary N) is 2. The number of carbonyl (C=O) groups excluding carboxylic acids is 1. The molecule has 0 aromatic heterocycles. The number of hydrogen-bond donors (Lipinski definition) is 3. The predicted octanol–water partition coefficient (Wildman–Crippen LogP) is 3.21. The number of benzene rings is 1. The second-order valence-electron chi connectivity index (χ2n) is 6.43. The maximum absolute atomic E-state index is 11.8. The Kier molecular flexibility index (Phi) is 4.73. The molecule has 116 valence electrons. The molecule has 5 heteroatoms. The highest BCUT2D eigenvalue weighted by atomic mass is 16.6. The summed E-state index contributed by atoms with van der Waals surface area (Å²) in [5.74, 6) is 0.518. The zero-order valence-electron chi connectivity index (χ0n) is 12.9. The third-order valence-electron chi connectivity index (χ3n) is 3.47. The molecule has 1 aromatic carbocycles. The lowest BCUT2D eigenvalue weighted by Gasteiger charge is -2.24. The Balaban J connectivity index is 2.10. The molecule has 0 saturated carbocycles. The van der Waals surface area contributed by atoms with Gasteiger partial charge in [-0.15, -0.1) is 0 Å². The van der Waals surface area contributed by atoms with Crippen LogP contribution in [0.15, 0.2) is 18.2 Å². The van der Waals surface area contributed by atoms with E-state index in [4.69, 9.17) is 4.74 Å². The van der Waals surface area contributed by atoms with E-state index in [1.54, 1.807) is 26.8 Å². The molecule has 5 nitrogen and oxygen atoms in total. The van der Waals surface area contributed by atoms with Gasteiger partial charge in [0.25, 0.3) is 0 Å². The summed E-state index contributed by atoms with van der Waals surface area (Å²) >= 11 is 0. The molecule has 1 saturated heterocycles. The van der Waals surface area contributed by atoms with Gasteiger partial charge in [0, 0.05) is 0 Å². The molecule has 0 bridgehead atoms. The summed E-state index contributed by atoms with van der Waals surface area (Å²) in [7, 11) is 0. The molecule has 1 fully saturated rings. The van der Waals surface area contributed by atoms with Gasteiger partial charge in [-0.25, -0.2) is 4.79 Å². The van der Waals surface area contributed by atoms with Crippen LogP contribution in [-0.4, -0.2) is 29.9 Å². The molecule has 1 aromatic rings. The van der Waals surface area contributed by atoms with Crippen LogP contribution in [-0.2, 0) is 4.74 Å². The third-order valence-corrected chi connectivity index (χ3v) is 3.47. The number of aromatic hydroxyl groups is 1. The van der Waals surface area contributed by atoms with E-state index < -0.39 is 11.7 Å². The zero-order valence-corrected chi connectivity index (χ0v) is 12.9. The predicted molar refractivity (Wildman–Crippen MR) is 82.8 cm³/mol. The van der Waals surface area contributed by atoms with Crippen LogP contribution in [0, 0.1) is 0 Å². The van der Waals surface area contributed by atoms with Crippen LogP contribution in [0.25, 0.3) is 0 Å². The van der Waals surface area contributed by atoms with Crippen molar-refractivity contribution < 1.29 is 14.6 Å². The van der Waals surface area contributed by atoms with Gasteiger partial charge >= 0.3 is 6.09 Å². The molecular weight excluding hydrogens is 268 g/mol. The lowest BCUT2D eigenvalue weighted by atomic mass is 9.90. The van der Waals surface area contributed by atoms with Crippen LogP contribution < -0.4 is 10.6 Å². The van der Waals surface area contributed by atoms with Crippen molar-refractivity contribution in [1.82, 2.24) is 5.32 Å². The summed E-state index contributed by atoms with van der Waals surface area (Å²) in [6, 6.07) is 5.39. The van der Waals surface area contributed by atoms with Crippen molar-refractivity contribution in [2.45, 2.75) is 45.1 Å². The summed E-state index contributed by atoms with van der Waals surface area (Å²) in [5.41, 5.74) is 0.979. The highest BCUT2D eigenvalue weighted by Crippen LogP contribution is 2.32. The number of amides is 1. The molecule has 0 aliphatic carbocycles. The number of hydrogen-bond acceptors (Lipinski definition) is 4. The Morgan fingerprint density at radius 1 is 1.33 bits per heavy atom. The SMILES string of the molecule is CC(C)(C)OC(=O)Nc1cc(C2CCNCC2)ccc1O. The second kappa shape index (κ2) is 6.35. The average Bonchev–Trinajstić information content (AvgIpc) is 2.40. The van der Waals surface area contributed by atoms with Crippen molar-refractivity contribution >= 4 is 11.8 Å². The van der Waals surface area contributed by atoms with Crippen LogP contribution in [0.5, 0.6) is 5.75 Å². The Morgan fingerprint density at radius 2 is 2.00 bits per heavy atom. The van der Waals surface area contributed by atoms with Gasteiger partial charge in [0.1, 0.15) is 11.4 Å². The fraction of sp³-hybridized carbons (Fsp3) is 0.562. The summed E-state index contributed by atoms with van der Waals surface area (Å²) in [6.45, 7) is 7.41. The van der Waals surface area contributed by atoms with Gasteiger partial charge in [-0.05, 0) is 70.3 Å². The van der Waals surface area contributed by atoms with Crippen molar-refractivity contribution in [2.75, 3.05) is 18.4 Å². The first-order chi connectivity index (χ1) is 9.85. The van der Waals surface area contributed by atoms with Crippen LogP contribution in [0.2, 0.25) is 0 Å². The molecule has 21 heavy (non-hydrogen) atoms. The summed E-state index contributed by atoms with van der Waals surface area (Å²) in [6.07, 6.45) is 1.58. The number of phenols is 1. The van der Waals surface area contributed by atoms with E-state index in [1.807, 2.05) is 12.1 Å². The maximum Gasteiger partial charge on any atom is 0.412 e. The van der Waals surface area contributed by atoms with E-state index in [0.717, 1.165) is 31.5 Å². The molecule has 1 amide bonds. The van der Waals surface area contributed by atoms with Gasteiger partial charge < -0.3 is 15.2 Å². The van der Waals surface area contributed by atoms with Crippen molar-refractivity contribution in [3.8, 4) is 5.75 Å². The first-order valence-electron chi connectivity index (χ1n) is 7.39. The largest absolute Gasteiger partial charge is 0.506 e. The van der Waals surface area contributed by atoms with Crippen LogP contribution in [0.4, 0.5) is 10.5 Å². The second-order valence-corrected chi connectivity index (χ2v) is 6.43. The lowest BCUT2D eigenvalue weighted by molar-refractivity contribution is 0.0635. The van der Waals surface area contributed by atoms with Crippen molar-refractivity contribution in [1.29, 1.82) is 0 Å². The van der Waals surface area contributed by atoms with Crippen LogP contribution >= 0.6 is 0 Å². The van der Waals surface area contributed by atoms with Gasteiger partial charge in [0.2, 0.25) is 0 Å². The molecule has 0 radical (unpaired) electrons. The van der Waals surface area contributed by atoms with Crippen molar-refractivity contribution in [3.63, 3.8) is 0 Å². The quantitative estimate of drug-likeness (QED) is 0.732. The monoisotopic (exact) mass is 292 g/mol. The number of rotatable bonds is 2. The summed E-state index contributed by atoms with van der Waals surface area (Å²) < 4.78 is 5.21. The molecule has 0 unspecified atom stereocenters. The van der Waals surface area contributed by atoms with E-state index in [0.29, 0.717) is 11.6 Å². The number of carbonyl (C=O) groups is 1. The summed E-state index contributed by atoms with van der Waals surface area (Å²) in [4.78, 5) is 11.8. The van der Waals surface area contributed by atoms with Gasteiger partial charge in [-0.2, -0.15) is 0 Å². The maximum atomic E-state index is 11.8. The molecule has 0 atom stereocenters. The topological polar surface area (TPSA) is 70.6 Å². The Labute approximate surface area is 125 Å². The van der Waals surface area contributed by atoms with Crippen LogP contribution in [0.1, 0.15) is 45.1 Å². The van der Waals surface area contributed by atoms with Gasteiger partial charge in [-0.1, -0.05) is 6.07 Å². The summed E-state index contributed by atoms with van der Waals surface area (Å²) in [5, 5.41) is 15.8. The standard InChI is InChI=1S/C16H24N2O3/c1-16(2,3)21-15(20)18-13-10-12(4-5-14(13)19)11-6-8-17-9-7-11/h4-5,10-11,17,19H,6-9H2,1-3H3,(H,18,20). The third kappa shape index (κ3) is 4.63. The fourth-order valence-corrected chi connectivity index (χ4v) is 2.48. The molecule has 0 spiro atoms. The average molecular weight is 292 g/mol. The molecule has 2 rings (SSSR count). The minimum atomic E-state index is -0.563.